The summed E-state index contributed by atoms with van der Waals surface area (Å²) in [4.78, 5) is 0. The summed E-state index contributed by atoms with van der Waals surface area (Å²) in [5.41, 5.74) is 2.61. The lowest BCUT2D eigenvalue weighted by Crippen LogP contribution is -2.18. The normalized spacial score (nSPS) is 18.1. The van der Waals surface area contributed by atoms with E-state index in [-0.39, 0.29) is 11.5 Å². The van der Waals surface area contributed by atoms with Gasteiger partial charge in [-0.1, -0.05) is 62.2 Å². The van der Waals surface area contributed by atoms with Gasteiger partial charge in [0, 0.05) is 5.56 Å². The lowest BCUT2D eigenvalue weighted by Gasteiger charge is -2.29. The first kappa shape index (κ1) is 27.1. The Hall–Kier alpha value is -2.96. The standard InChI is InChI=1S/C30H30F6O/c1-2-3-19-6-11-22(12-7-19)24-15-16-25(29(33)28(24)32)23-13-8-20(9-14-23)4-5-21-10-17-27(26(31)18-21)37-30(34,35)36/h8-10,13-19,22H,2-7,11-12H2,1H3. The minimum atomic E-state index is -4.96. The fraction of sp³-hybridized carbons (Fsp3) is 0.400. The lowest BCUT2D eigenvalue weighted by molar-refractivity contribution is -0.275. The Morgan fingerprint density at radius 3 is 2.05 bits per heavy atom. The van der Waals surface area contributed by atoms with Gasteiger partial charge in [-0.05, 0) is 84.7 Å². The minimum Gasteiger partial charge on any atom is -0.403 e. The van der Waals surface area contributed by atoms with Crippen molar-refractivity contribution in [2.24, 2.45) is 5.92 Å². The molecule has 0 unspecified atom stereocenters. The third kappa shape index (κ3) is 6.88. The molecule has 0 N–H and O–H groups in total. The molecule has 0 radical (unpaired) electrons. The molecule has 1 aliphatic rings. The van der Waals surface area contributed by atoms with E-state index in [2.05, 4.69) is 11.7 Å². The summed E-state index contributed by atoms with van der Waals surface area (Å²) in [6, 6.07) is 13.7. The fourth-order valence-corrected chi connectivity index (χ4v) is 5.32. The summed E-state index contributed by atoms with van der Waals surface area (Å²) in [7, 11) is 0. The summed E-state index contributed by atoms with van der Waals surface area (Å²) < 4.78 is 84.6. The van der Waals surface area contributed by atoms with Crippen molar-refractivity contribution >= 4 is 0 Å². The van der Waals surface area contributed by atoms with Crippen molar-refractivity contribution in [3.63, 3.8) is 0 Å². The zero-order chi connectivity index (χ0) is 26.6. The van der Waals surface area contributed by atoms with Crippen LogP contribution in [-0.2, 0) is 12.8 Å². The van der Waals surface area contributed by atoms with Crippen LogP contribution in [0.5, 0.6) is 5.75 Å². The monoisotopic (exact) mass is 520 g/mol. The molecule has 0 bridgehead atoms. The molecule has 0 atom stereocenters. The van der Waals surface area contributed by atoms with E-state index in [9.17, 15) is 17.6 Å². The third-order valence-electron chi connectivity index (χ3n) is 7.28. The topological polar surface area (TPSA) is 9.23 Å². The van der Waals surface area contributed by atoms with Gasteiger partial charge in [-0.2, -0.15) is 0 Å². The van der Waals surface area contributed by atoms with Crippen LogP contribution in [0.15, 0.2) is 54.6 Å². The van der Waals surface area contributed by atoms with Crippen LogP contribution in [0.2, 0.25) is 0 Å². The molecule has 1 saturated carbocycles. The molecule has 7 heteroatoms. The van der Waals surface area contributed by atoms with Gasteiger partial charge in [-0.15, -0.1) is 13.2 Å². The number of benzene rings is 3. The molecular formula is C30H30F6O. The molecule has 3 aromatic rings. The SMILES string of the molecule is CCCC1CCC(c2ccc(-c3ccc(CCc4ccc(OC(F)(F)F)c(F)c4)cc3)c(F)c2F)CC1. The van der Waals surface area contributed by atoms with Crippen molar-refractivity contribution in [3.05, 3.63) is 88.7 Å². The van der Waals surface area contributed by atoms with Crippen LogP contribution >= 0.6 is 0 Å². The highest BCUT2D eigenvalue weighted by atomic mass is 19.4. The van der Waals surface area contributed by atoms with Crippen LogP contribution in [0, 0.1) is 23.4 Å². The van der Waals surface area contributed by atoms with Crippen molar-refractivity contribution in [2.45, 2.75) is 70.6 Å². The maximum absolute atomic E-state index is 15.1. The highest BCUT2D eigenvalue weighted by Crippen LogP contribution is 2.40. The molecule has 0 aliphatic heterocycles. The third-order valence-corrected chi connectivity index (χ3v) is 7.28. The molecule has 3 aromatic carbocycles. The number of hydrogen-bond acceptors (Lipinski definition) is 1. The fourth-order valence-electron chi connectivity index (χ4n) is 5.32. The van der Waals surface area contributed by atoms with Crippen molar-refractivity contribution < 1.29 is 31.1 Å². The zero-order valence-corrected chi connectivity index (χ0v) is 20.7. The highest BCUT2D eigenvalue weighted by Gasteiger charge is 2.32. The van der Waals surface area contributed by atoms with E-state index in [0.717, 1.165) is 49.8 Å². The number of hydrogen-bond donors (Lipinski definition) is 0. The Bertz CT molecular complexity index is 1190. The molecule has 4 rings (SSSR count). The number of rotatable bonds is 8. The molecule has 198 valence electrons. The van der Waals surface area contributed by atoms with E-state index in [0.29, 0.717) is 35.4 Å². The highest BCUT2D eigenvalue weighted by molar-refractivity contribution is 5.65. The molecule has 37 heavy (non-hydrogen) atoms. The predicted molar refractivity (Wildman–Crippen MR) is 132 cm³/mol. The molecule has 1 fully saturated rings. The quantitative estimate of drug-likeness (QED) is 0.269. The second-order valence-corrected chi connectivity index (χ2v) is 9.85. The van der Waals surface area contributed by atoms with E-state index in [1.807, 2.05) is 0 Å². The van der Waals surface area contributed by atoms with Gasteiger partial charge in [0.15, 0.2) is 23.2 Å². The van der Waals surface area contributed by atoms with E-state index in [1.54, 1.807) is 36.4 Å². The van der Waals surface area contributed by atoms with Crippen LogP contribution in [0.3, 0.4) is 0 Å². The summed E-state index contributed by atoms with van der Waals surface area (Å²) >= 11 is 0. The van der Waals surface area contributed by atoms with E-state index in [1.165, 1.54) is 12.5 Å². The Morgan fingerprint density at radius 1 is 0.784 bits per heavy atom. The summed E-state index contributed by atoms with van der Waals surface area (Å²) in [6.45, 7) is 2.17. The predicted octanol–water partition coefficient (Wildman–Crippen LogP) is 9.53. The first-order valence-electron chi connectivity index (χ1n) is 12.8. The molecule has 0 aromatic heterocycles. The van der Waals surface area contributed by atoms with Gasteiger partial charge in [0.25, 0.3) is 0 Å². The first-order chi connectivity index (χ1) is 17.6. The van der Waals surface area contributed by atoms with Crippen molar-refractivity contribution in [2.75, 3.05) is 0 Å². The number of alkyl halides is 3. The van der Waals surface area contributed by atoms with E-state index < -0.39 is 29.6 Å². The second-order valence-electron chi connectivity index (χ2n) is 9.85. The lowest BCUT2D eigenvalue weighted by atomic mass is 9.77. The molecule has 1 nitrogen and oxygen atoms in total. The van der Waals surface area contributed by atoms with Crippen molar-refractivity contribution in [3.8, 4) is 16.9 Å². The van der Waals surface area contributed by atoms with Crippen molar-refractivity contribution in [1.29, 1.82) is 0 Å². The van der Waals surface area contributed by atoms with Crippen LogP contribution in [-0.4, -0.2) is 6.36 Å². The maximum Gasteiger partial charge on any atom is 0.573 e. The Kier molecular flexibility index (Phi) is 8.50. The number of halogens is 6. The average molecular weight is 521 g/mol. The van der Waals surface area contributed by atoms with Gasteiger partial charge in [0.2, 0.25) is 0 Å². The summed E-state index contributed by atoms with van der Waals surface area (Å²) in [5, 5.41) is 0. The Balaban J connectivity index is 1.39. The van der Waals surface area contributed by atoms with Gasteiger partial charge in [-0.25, -0.2) is 13.2 Å². The Labute approximate surface area is 213 Å². The number of aryl methyl sites for hydroxylation is 2. The Morgan fingerprint density at radius 2 is 1.43 bits per heavy atom. The van der Waals surface area contributed by atoms with Gasteiger partial charge in [0.05, 0.1) is 0 Å². The van der Waals surface area contributed by atoms with Gasteiger partial charge in [0.1, 0.15) is 0 Å². The van der Waals surface area contributed by atoms with Crippen LogP contribution in [0.1, 0.15) is 68.1 Å². The zero-order valence-electron chi connectivity index (χ0n) is 20.7. The van der Waals surface area contributed by atoms with Crippen LogP contribution in [0.4, 0.5) is 26.3 Å². The summed E-state index contributed by atoms with van der Waals surface area (Å²) in [5.74, 6) is -2.81. The first-order valence-corrected chi connectivity index (χ1v) is 12.8. The van der Waals surface area contributed by atoms with E-state index in [4.69, 9.17) is 0 Å². The smallest absolute Gasteiger partial charge is 0.403 e. The minimum absolute atomic E-state index is 0.0537. The van der Waals surface area contributed by atoms with Gasteiger partial charge < -0.3 is 4.74 Å². The van der Waals surface area contributed by atoms with Crippen LogP contribution in [0.25, 0.3) is 11.1 Å². The second kappa shape index (κ2) is 11.6. The number of ether oxygens (including phenoxy) is 1. The molecule has 0 spiro atoms. The molecule has 0 heterocycles. The maximum atomic E-state index is 15.1. The van der Waals surface area contributed by atoms with Crippen molar-refractivity contribution in [1.82, 2.24) is 0 Å². The van der Waals surface area contributed by atoms with Crippen LogP contribution < -0.4 is 4.74 Å². The average Bonchev–Trinajstić information content (AvgIpc) is 2.86. The largest absolute Gasteiger partial charge is 0.573 e. The van der Waals surface area contributed by atoms with Gasteiger partial charge >= 0.3 is 6.36 Å². The van der Waals surface area contributed by atoms with Gasteiger partial charge in [-0.3, -0.25) is 0 Å². The molecule has 0 saturated heterocycles. The molecular weight excluding hydrogens is 490 g/mol. The molecule has 0 amide bonds. The molecule has 1 aliphatic carbocycles. The van der Waals surface area contributed by atoms with E-state index >= 15 is 8.78 Å². The summed E-state index contributed by atoms with van der Waals surface area (Å²) in [6.07, 6.45) is 2.16.